The van der Waals surface area contributed by atoms with Crippen molar-refractivity contribution in [3.63, 3.8) is 0 Å². The Labute approximate surface area is 169 Å². The summed E-state index contributed by atoms with van der Waals surface area (Å²) in [5.74, 6) is 0.350. The van der Waals surface area contributed by atoms with E-state index in [1.54, 1.807) is 6.08 Å². The van der Waals surface area contributed by atoms with Gasteiger partial charge in [0.2, 0.25) is 0 Å². The van der Waals surface area contributed by atoms with Crippen LogP contribution in [0.3, 0.4) is 0 Å². The van der Waals surface area contributed by atoms with Crippen LogP contribution in [-0.2, 0) is 6.54 Å². The summed E-state index contributed by atoms with van der Waals surface area (Å²) in [7, 11) is 0. The van der Waals surface area contributed by atoms with Crippen LogP contribution in [0.5, 0.6) is 0 Å². The van der Waals surface area contributed by atoms with E-state index < -0.39 is 0 Å². The van der Waals surface area contributed by atoms with Gasteiger partial charge in [0.15, 0.2) is 21.4 Å². The molecule has 142 valence electrons. The van der Waals surface area contributed by atoms with Crippen LogP contribution in [0, 0.1) is 18.6 Å². The third-order valence-corrected chi connectivity index (χ3v) is 5.60. The first kappa shape index (κ1) is 18.3. The SMILES string of the molecule is C=CCn1c(-c2sc(NC(=O)c3n[nH]c4ccc(C)cc34)nc2C)n[nH]c1=S. The number of H-pyrrole nitrogens is 2. The minimum absolute atomic E-state index is 0.317. The van der Waals surface area contributed by atoms with Crippen molar-refractivity contribution in [2.24, 2.45) is 0 Å². The molecule has 3 N–H and O–H groups in total. The number of aromatic amines is 2. The first-order chi connectivity index (χ1) is 13.5. The average Bonchev–Trinajstić information content (AvgIpc) is 3.33. The second-order valence-corrected chi connectivity index (χ2v) is 7.65. The molecule has 0 atom stereocenters. The Kier molecular flexibility index (Phi) is 4.65. The van der Waals surface area contributed by atoms with Crippen molar-refractivity contribution >= 4 is 45.5 Å². The number of aromatic nitrogens is 6. The molecule has 0 spiro atoms. The Bertz CT molecular complexity index is 1260. The Morgan fingerprint density at radius 1 is 1.36 bits per heavy atom. The minimum Gasteiger partial charge on any atom is -0.296 e. The van der Waals surface area contributed by atoms with Crippen LogP contribution in [0.4, 0.5) is 5.13 Å². The largest absolute Gasteiger partial charge is 0.296 e. The van der Waals surface area contributed by atoms with Crippen molar-refractivity contribution < 1.29 is 4.79 Å². The summed E-state index contributed by atoms with van der Waals surface area (Å²) in [5.41, 5.74) is 2.96. The maximum atomic E-state index is 12.7. The third-order valence-electron chi connectivity index (χ3n) is 4.22. The van der Waals surface area contributed by atoms with E-state index in [0.29, 0.717) is 28.0 Å². The lowest BCUT2D eigenvalue weighted by Gasteiger charge is -2.01. The first-order valence-corrected chi connectivity index (χ1v) is 9.70. The fraction of sp³-hybridized carbons (Fsp3) is 0.167. The Hall–Kier alpha value is -3.11. The molecule has 4 rings (SSSR count). The zero-order valence-electron chi connectivity index (χ0n) is 15.2. The van der Waals surface area contributed by atoms with Gasteiger partial charge in [-0.15, -0.1) is 6.58 Å². The van der Waals surface area contributed by atoms with Gasteiger partial charge in [-0.2, -0.15) is 10.2 Å². The molecule has 0 saturated carbocycles. The lowest BCUT2D eigenvalue weighted by Crippen LogP contribution is -2.12. The highest BCUT2D eigenvalue weighted by molar-refractivity contribution is 7.71. The van der Waals surface area contributed by atoms with Gasteiger partial charge in [0.05, 0.1) is 16.1 Å². The second-order valence-electron chi connectivity index (χ2n) is 6.26. The number of allylic oxidation sites excluding steroid dienone is 1. The number of aryl methyl sites for hydroxylation is 2. The van der Waals surface area contributed by atoms with Crippen molar-refractivity contribution in [1.82, 2.24) is 29.9 Å². The van der Waals surface area contributed by atoms with Crippen molar-refractivity contribution in [2.75, 3.05) is 5.32 Å². The summed E-state index contributed by atoms with van der Waals surface area (Å²) >= 11 is 6.60. The van der Waals surface area contributed by atoms with Crippen molar-refractivity contribution in [3.8, 4) is 10.7 Å². The Morgan fingerprint density at radius 3 is 2.96 bits per heavy atom. The predicted octanol–water partition coefficient (Wildman–Crippen LogP) is 4.00. The molecule has 0 unspecified atom stereocenters. The van der Waals surface area contributed by atoms with E-state index in [9.17, 15) is 4.79 Å². The topological polar surface area (TPSA) is 104 Å². The molecule has 10 heteroatoms. The molecule has 8 nitrogen and oxygen atoms in total. The molecule has 1 amide bonds. The summed E-state index contributed by atoms with van der Waals surface area (Å²) in [6.45, 7) is 8.12. The molecule has 0 fully saturated rings. The minimum atomic E-state index is -0.317. The van der Waals surface area contributed by atoms with Gasteiger partial charge in [-0.1, -0.05) is 29.0 Å². The zero-order valence-corrected chi connectivity index (χ0v) is 16.9. The molecule has 0 aliphatic heterocycles. The zero-order chi connectivity index (χ0) is 19.8. The number of benzene rings is 1. The van der Waals surface area contributed by atoms with Crippen LogP contribution in [0.25, 0.3) is 21.6 Å². The summed E-state index contributed by atoms with van der Waals surface area (Å²) in [4.78, 5) is 18.0. The molecule has 0 radical (unpaired) electrons. The Morgan fingerprint density at radius 2 is 2.18 bits per heavy atom. The van der Waals surface area contributed by atoms with E-state index in [2.05, 4.69) is 37.3 Å². The summed E-state index contributed by atoms with van der Waals surface area (Å²) < 4.78 is 2.34. The number of amides is 1. The van der Waals surface area contributed by atoms with Gasteiger partial charge in [-0.3, -0.25) is 24.9 Å². The standard InChI is InChI=1S/C18H17N7OS2/c1-4-7-25-15(23-24-18(25)27)14-10(3)19-17(28-14)20-16(26)13-11-8-9(2)5-6-12(11)21-22-13/h4-6,8H,1,7H2,2-3H3,(H,21,22)(H,24,27)(H,19,20,26). The van der Waals surface area contributed by atoms with Gasteiger partial charge in [0.1, 0.15) is 0 Å². The lowest BCUT2D eigenvalue weighted by molar-refractivity contribution is 0.102. The molecular weight excluding hydrogens is 394 g/mol. The number of thiazole rings is 1. The third kappa shape index (κ3) is 3.16. The summed E-state index contributed by atoms with van der Waals surface area (Å²) in [6, 6.07) is 5.80. The average molecular weight is 412 g/mol. The quantitative estimate of drug-likeness (QED) is 0.340. The fourth-order valence-corrected chi connectivity index (χ4v) is 4.07. The summed E-state index contributed by atoms with van der Waals surface area (Å²) in [6.07, 6.45) is 1.75. The number of nitrogens with one attached hydrogen (secondary N) is 3. The van der Waals surface area contributed by atoms with Crippen LogP contribution in [0.15, 0.2) is 30.9 Å². The highest BCUT2D eigenvalue weighted by Gasteiger charge is 2.19. The number of hydrogen-bond acceptors (Lipinski definition) is 6. The molecule has 0 aliphatic rings. The van der Waals surface area contributed by atoms with Crippen molar-refractivity contribution in [3.05, 3.63) is 52.6 Å². The molecule has 3 aromatic heterocycles. The highest BCUT2D eigenvalue weighted by Crippen LogP contribution is 2.32. The summed E-state index contributed by atoms with van der Waals surface area (Å²) in [5, 5.41) is 18.2. The second kappa shape index (κ2) is 7.13. The molecule has 1 aromatic carbocycles. The van der Waals surface area contributed by atoms with Gasteiger partial charge >= 0.3 is 0 Å². The molecule has 4 aromatic rings. The lowest BCUT2D eigenvalue weighted by atomic mass is 10.1. The maximum Gasteiger partial charge on any atom is 0.278 e. The fourth-order valence-electron chi connectivity index (χ4n) is 2.90. The van der Waals surface area contributed by atoms with E-state index in [-0.39, 0.29) is 5.91 Å². The number of hydrogen-bond donors (Lipinski definition) is 3. The molecule has 0 aliphatic carbocycles. The number of carbonyl (C=O) groups is 1. The van der Waals surface area contributed by atoms with Crippen LogP contribution >= 0.6 is 23.6 Å². The van der Waals surface area contributed by atoms with Crippen molar-refractivity contribution in [2.45, 2.75) is 20.4 Å². The number of fused-ring (bicyclic) bond motifs is 1. The molecule has 0 bridgehead atoms. The van der Waals surface area contributed by atoms with Gasteiger partial charge in [-0.25, -0.2) is 4.98 Å². The normalized spacial score (nSPS) is 11.1. The van der Waals surface area contributed by atoms with Crippen LogP contribution in [-0.4, -0.2) is 35.9 Å². The number of anilines is 1. The Balaban J connectivity index is 1.65. The number of rotatable bonds is 5. The first-order valence-electron chi connectivity index (χ1n) is 8.48. The van der Waals surface area contributed by atoms with Crippen LogP contribution < -0.4 is 5.32 Å². The van der Waals surface area contributed by atoms with E-state index >= 15 is 0 Å². The van der Waals surface area contributed by atoms with Gasteiger partial charge in [0.25, 0.3) is 5.91 Å². The van der Waals surface area contributed by atoms with Gasteiger partial charge in [-0.05, 0) is 38.2 Å². The monoisotopic (exact) mass is 411 g/mol. The van der Waals surface area contributed by atoms with E-state index in [0.717, 1.165) is 27.0 Å². The van der Waals surface area contributed by atoms with Crippen LogP contribution in [0.2, 0.25) is 0 Å². The molecular formula is C18H17N7OS2. The van der Waals surface area contributed by atoms with Crippen molar-refractivity contribution in [1.29, 1.82) is 0 Å². The van der Waals surface area contributed by atoms with E-state index in [4.69, 9.17) is 12.2 Å². The number of carbonyl (C=O) groups excluding carboxylic acids is 1. The molecule has 28 heavy (non-hydrogen) atoms. The predicted molar refractivity (Wildman–Crippen MR) is 112 cm³/mol. The smallest absolute Gasteiger partial charge is 0.278 e. The van der Waals surface area contributed by atoms with Gasteiger partial charge in [0, 0.05) is 11.9 Å². The van der Waals surface area contributed by atoms with Gasteiger partial charge < -0.3 is 0 Å². The highest BCUT2D eigenvalue weighted by atomic mass is 32.1. The van der Waals surface area contributed by atoms with Crippen LogP contribution in [0.1, 0.15) is 21.7 Å². The van der Waals surface area contributed by atoms with E-state index in [1.165, 1.54) is 11.3 Å². The number of nitrogens with zero attached hydrogens (tertiary/aromatic N) is 4. The molecule has 3 heterocycles. The molecule has 0 saturated heterocycles. The maximum absolute atomic E-state index is 12.7. The van der Waals surface area contributed by atoms with E-state index in [1.807, 2.05) is 36.6 Å².